The molecule has 1 aromatic carbocycles. The highest BCUT2D eigenvalue weighted by molar-refractivity contribution is 5.85. The summed E-state index contributed by atoms with van der Waals surface area (Å²) in [4.78, 5) is 16.7. The smallest absolute Gasteiger partial charge is 0.225 e. The van der Waals surface area contributed by atoms with E-state index in [0.717, 1.165) is 45.6 Å². The largest absolute Gasteiger partial charge is 0.375 e. The van der Waals surface area contributed by atoms with E-state index in [1.807, 2.05) is 11.0 Å². The van der Waals surface area contributed by atoms with E-state index in [1.165, 1.54) is 5.56 Å². The number of piperidine rings is 1. The zero-order valence-electron chi connectivity index (χ0n) is 14.5. The molecule has 0 aromatic heterocycles. The maximum absolute atomic E-state index is 12.4. The highest BCUT2D eigenvalue weighted by Crippen LogP contribution is 2.15. The summed E-state index contributed by atoms with van der Waals surface area (Å²) >= 11 is 0. The minimum atomic E-state index is 0. The summed E-state index contributed by atoms with van der Waals surface area (Å²) in [6.07, 6.45) is 2.32. The first-order chi connectivity index (χ1) is 11.2. The minimum Gasteiger partial charge on any atom is -0.375 e. The van der Waals surface area contributed by atoms with Crippen molar-refractivity contribution >= 4 is 30.7 Å². The van der Waals surface area contributed by atoms with Crippen molar-refractivity contribution in [1.82, 2.24) is 9.80 Å². The fourth-order valence-corrected chi connectivity index (χ4v) is 3.36. The molecule has 2 saturated heterocycles. The molecule has 0 spiro atoms. The average molecular weight is 390 g/mol. The molecule has 1 atom stereocenters. The number of rotatable bonds is 4. The van der Waals surface area contributed by atoms with Crippen molar-refractivity contribution in [1.29, 1.82) is 0 Å². The quantitative estimate of drug-likeness (QED) is 0.855. The van der Waals surface area contributed by atoms with Crippen LogP contribution >= 0.6 is 24.8 Å². The zero-order valence-corrected chi connectivity index (χ0v) is 16.1. The van der Waals surface area contributed by atoms with Gasteiger partial charge in [-0.25, -0.2) is 0 Å². The molecular weight excluding hydrogens is 361 g/mol. The van der Waals surface area contributed by atoms with Crippen LogP contribution in [0.15, 0.2) is 30.3 Å². The fourth-order valence-electron chi connectivity index (χ4n) is 3.36. The molecule has 1 unspecified atom stereocenters. The summed E-state index contributed by atoms with van der Waals surface area (Å²) in [5, 5.41) is 0. The van der Waals surface area contributed by atoms with Gasteiger partial charge in [-0.1, -0.05) is 30.3 Å². The van der Waals surface area contributed by atoms with Crippen molar-refractivity contribution in [3.63, 3.8) is 0 Å². The Hall–Kier alpha value is -0.850. The summed E-state index contributed by atoms with van der Waals surface area (Å²) in [6.45, 7) is 4.97. The molecule has 1 amide bonds. The van der Waals surface area contributed by atoms with E-state index >= 15 is 0 Å². The monoisotopic (exact) mass is 389 g/mol. The Morgan fingerprint density at radius 2 is 1.80 bits per heavy atom. The fraction of sp³-hybridized carbons (Fsp3) is 0.611. The maximum Gasteiger partial charge on any atom is 0.225 e. The van der Waals surface area contributed by atoms with Crippen LogP contribution in [0.1, 0.15) is 24.8 Å². The zero-order chi connectivity index (χ0) is 16.1. The van der Waals surface area contributed by atoms with Gasteiger partial charge >= 0.3 is 0 Å². The molecule has 2 aliphatic heterocycles. The van der Waals surface area contributed by atoms with Crippen LogP contribution in [-0.2, 0) is 16.1 Å². The highest BCUT2D eigenvalue weighted by Gasteiger charge is 2.27. The Morgan fingerprint density at radius 1 is 1.12 bits per heavy atom. The number of nitrogens with zero attached hydrogens (tertiary/aromatic N) is 2. The number of carbonyl (C=O) groups is 1. The Balaban J connectivity index is 0.00000156. The van der Waals surface area contributed by atoms with E-state index < -0.39 is 0 Å². The van der Waals surface area contributed by atoms with E-state index in [2.05, 4.69) is 29.2 Å². The first kappa shape index (κ1) is 22.2. The summed E-state index contributed by atoms with van der Waals surface area (Å²) in [5.41, 5.74) is 7.21. The Kier molecular flexibility index (Phi) is 9.75. The van der Waals surface area contributed by atoms with Gasteiger partial charge in [0.05, 0.1) is 19.1 Å². The standard InChI is InChI=1S/C18H27N3O2.2ClH/c19-16-6-8-21(9-7-16)18(22)12-17-14-20(10-11-23-17)13-15-4-2-1-3-5-15;;/h1-5,16-17H,6-14,19H2;2*1H. The number of hydrogen-bond acceptors (Lipinski definition) is 4. The van der Waals surface area contributed by atoms with Crippen LogP contribution < -0.4 is 5.73 Å². The molecular formula is C18H29Cl2N3O2. The molecule has 2 heterocycles. The van der Waals surface area contributed by atoms with Crippen molar-refractivity contribution in [2.75, 3.05) is 32.8 Å². The van der Waals surface area contributed by atoms with Gasteiger partial charge in [-0.05, 0) is 18.4 Å². The number of carbonyl (C=O) groups excluding carboxylic acids is 1. The number of hydrogen-bond donors (Lipinski definition) is 1. The van der Waals surface area contributed by atoms with Crippen molar-refractivity contribution in [3.05, 3.63) is 35.9 Å². The molecule has 0 radical (unpaired) electrons. The SMILES string of the molecule is Cl.Cl.NC1CCN(C(=O)CC2CN(Cc3ccccc3)CCO2)CC1. The third kappa shape index (κ3) is 6.76. The average Bonchev–Trinajstić information content (AvgIpc) is 2.57. The van der Waals surface area contributed by atoms with Crippen molar-refractivity contribution < 1.29 is 9.53 Å². The number of likely N-dealkylation sites (tertiary alicyclic amines) is 1. The van der Waals surface area contributed by atoms with Gasteiger partial charge in [0.15, 0.2) is 0 Å². The lowest BCUT2D eigenvalue weighted by Gasteiger charge is -2.35. The van der Waals surface area contributed by atoms with E-state index in [9.17, 15) is 4.79 Å². The predicted octanol–water partition coefficient (Wildman–Crippen LogP) is 2.07. The molecule has 0 saturated carbocycles. The molecule has 0 bridgehead atoms. The molecule has 0 aliphatic carbocycles. The Morgan fingerprint density at radius 3 is 2.48 bits per heavy atom. The second-order valence-electron chi connectivity index (χ2n) is 6.64. The molecule has 5 nitrogen and oxygen atoms in total. The molecule has 2 fully saturated rings. The van der Waals surface area contributed by atoms with Crippen LogP contribution in [0.5, 0.6) is 0 Å². The number of nitrogens with two attached hydrogens (primary N) is 1. The van der Waals surface area contributed by atoms with Gasteiger partial charge in [0.2, 0.25) is 5.91 Å². The third-order valence-corrected chi connectivity index (χ3v) is 4.77. The maximum atomic E-state index is 12.4. The van der Waals surface area contributed by atoms with Crippen molar-refractivity contribution in [2.45, 2.75) is 38.0 Å². The lowest BCUT2D eigenvalue weighted by atomic mass is 10.0. The first-order valence-corrected chi connectivity index (χ1v) is 8.62. The molecule has 7 heteroatoms. The normalized spacial score (nSPS) is 22.0. The summed E-state index contributed by atoms with van der Waals surface area (Å²) in [7, 11) is 0. The van der Waals surface area contributed by atoms with E-state index in [4.69, 9.17) is 10.5 Å². The van der Waals surface area contributed by atoms with Crippen LogP contribution in [0.3, 0.4) is 0 Å². The molecule has 142 valence electrons. The van der Waals surface area contributed by atoms with Crippen LogP contribution in [0.2, 0.25) is 0 Å². The summed E-state index contributed by atoms with van der Waals surface area (Å²) in [5.74, 6) is 0.212. The van der Waals surface area contributed by atoms with Gasteiger partial charge < -0.3 is 15.4 Å². The van der Waals surface area contributed by atoms with Gasteiger partial charge in [-0.15, -0.1) is 24.8 Å². The Bertz CT molecular complexity index is 510. The highest BCUT2D eigenvalue weighted by atomic mass is 35.5. The summed E-state index contributed by atoms with van der Waals surface area (Å²) < 4.78 is 5.81. The molecule has 1 aromatic rings. The van der Waals surface area contributed by atoms with E-state index in [0.29, 0.717) is 13.0 Å². The summed E-state index contributed by atoms with van der Waals surface area (Å²) in [6, 6.07) is 10.7. The second kappa shape index (κ2) is 11.0. The van der Waals surface area contributed by atoms with Crippen molar-refractivity contribution in [2.24, 2.45) is 5.73 Å². The van der Waals surface area contributed by atoms with Crippen LogP contribution in [0.25, 0.3) is 0 Å². The van der Waals surface area contributed by atoms with Gasteiger partial charge in [0.1, 0.15) is 0 Å². The van der Waals surface area contributed by atoms with Crippen LogP contribution in [0, 0.1) is 0 Å². The topological polar surface area (TPSA) is 58.8 Å². The molecule has 3 rings (SSSR count). The lowest BCUT2D eigenvalue weighted by molar-refractivity contribution is -0.137. The molecule has 2 aliphatic rings. The molecule has 2 N–H and O–H groups in total. The van der Waals surface area contributed by atoms with Crippen LogP contribution in [-0.4, -0.2) is 60.6 Å². The number of amides is 1. The van der Waals surface area contributed by atoms with Crippen molar-refractivity contribution in [3.8, 4) is 0 Å². The lowest BCUT2D eigenvalue weighted by Crippen LogP contribution is -2.47. The van der Waals surface area contributed by atoms with E-state index in [-0.39, 0.29) is 42.9 Å². The van der Waals surface area contributed by atoms with Gasteiger partial charge in [0.25, 0.3) is 0 Å². The first-order valence-electron chi connectivity index (χ1n) is 8.62. The number of halogens is 2. The van der Waals surface area contributed by atoms with Gasteiger partial charge in [-0.3, -0.25) is 9.69 Å². The number of ether oxygens (including phenoxy) is 1. The van der Waals surface area contributed by atoms with Gasteiger partial charge in [0, 0.05) is 38.8 Å². The van der Waals surface area contributed by atoms with Gasteiger partial charge in [-0.2, -0.15) is 0 Å². The third-order valence-electron chi connectivity index (χ3n) is 4.77. The van der Waals surface area contributed by atoms with Crippen LogP contribution in [0.4, 0.5) is 0 Å². The van der Waals surface area contributed by atoms with E-state index in [1.54, 1.807) is 0 Å². The minimum absolute atomic E-state index is 0. The predicted molar refractivity (Wildman–Crippen MR) is 104 cm³/mol. The molecule has 25 heavy (non-hydrogen) atoms. The second-order valence-corrected chi connectivity index (χ2v) is 6.64. The Labute approximate surface area is 162 Å². The number of morpholine rings is 1. The number of benzene rings is 1.